The highest BCUT2D eigenvalue weighted by molar-refractivity contribution is 5.78. The number of carbonyl (C=O) groups is 1. The summed E-state index contributed by atoms with van der Waals surface area (Å²) >= 11 is 0. The van der Waals surface area contributed by atoms with E-state index in [9.17, 15) is 15.0 Å². The van der Waals surface area contributed by atoms with Crippen molar-refractivity contribution >= 4 is 5.91 Å². The maximum absolute atomic E-state index is 11.7. The fourth-order valence-corrected chi connectivity index (χ4v) is 2.46. The van der Waals surface area contributed by atoms with Crippen LogP contribution in [0.25, 0.3) is 10.4 Å². The second-order valence-corrected chi connectivity index (χ2v) is 5.57. The van der Waals surface area contributed by atoms with Crippen LogP contribution in [0, 0.1) is 5.41 Å². The maximum atomic E-state index is 11.7. The van der Waals surface area contributed by atoms with Crippen LogP contribution in [0.4, 0.5) is 0 Å². The van der Waals surface area contributed by atoms with E-state index in [1.165, 1.54) is 0 Å². The van der Waals surface area contributed by atoms with Crippen LogP contribution in [0.1, 0.15) is 12.8 Å². The van der Waals surface area contributed by atoms with Crippen LogP contribution in [0.5, 0.6) is 0 Å². The number of nitrogens with zero attached hydrogens (tertiary/aromatic N) is 4. The lowest BCUT2D eigenvalue weighted by Crippen LogP contribution is -2.57. The molecule has 0 saturated carbocycles. The predicted molar refractivity (Wildman–Crippen MR) is 71.1 cm³/mol. The molecule has 9 heteroatoms. The SMILES string of the molecule is [N-]=[N+]=NCC(=O)N1CCC2(CC1)OCC(CO)(CO)CO2. The van der Waals surface area contributed by atoms with Gasteiger partial charge in [-0.3, -0.25) is 4.79 Å². The number of piperidine rings is 1. The van der Waals surface area contributed by atoms with Crippen molar-refractivity contribution in [3.63, 3.8) is 0 Å². The van der Waals surface area contributed by atoms with E-state index in [1.807, 2.05) is 0 Å². The van der Waals surface area contributed by atoms with Gasteiger partial charge in [-0.1, -0.05) is 5.11 Å². The number of rotatable bonds is 4. The van der Waals surface area contributed by atoms with E-state index < -0.39 is 11.2 Å². The van der Waals surface area contributed by atoms with Crippen molar-refractivity contribution in [3.8, 4) is 0 Å². The topological polar surface area (TPSA) is 128 Å². The Kier molecular flexibility index (Phi) is 5.02. The molecular weight excluding hydrogens is 280 g/mol. The van der Waals surface area contributed by atoms with E-state index in [4.69, 9.17) is 15.0 Å². The molecule has 2 N–H and O–H groups in total. The molecule has 118 valence electrons. The van der Waals surface area contributed by atoms with Gasteiger partial charge < -0.3 is 24.6 Å². The van der Waals surface area contributed by atoms with Crippen molar-refractivity contribution in [3.05, 3.63) is 10.4 Å². The molecule has 21 heavy (non-hydrogen) atoms. The number of hydrogen-bond acceptors (Lipinski definition) is 6. The lowest BCUT2D eigenvalue weighted by atomic mass is 9.89. The molecule has 0 aromatic carbocycles. The molecule has 1 amide bonds. The van der Waals surface area contributed by atoms with Gasteiger partial charge in [-0.25, -0.2) is 0 Å². The van der Waals surface area contributed by atoms with Crippen LogP contribution in [0.2, 0.25) is 0 Å². The zero-order valence-corrected chi connectivity index (χ0v) is 11.8. The second kappa shape index (κ2) is 6.59. The highest BCUT2D eigenvalue weighted by atomic mass is 16.7. The Morgan fingerprint density at radius 3 is 2.29 bits per heavy atom. The van der Waals surface area contributed by atoms with Crippen molar-refractivity contribution in [1.29, 1.82) is 0 Å². The number of aliphatic hydroxyl groups excluding tert-OH is 2. The highest BCUT2D eigenvalue weighted by Gasteiger charge is 2.46. The van der Waals surface area contributed by atoms with Crippen molar-refractivity contribution in [2.75, 3.05) is 46.1 Å². The predicted octanol–water partition coefficient (Wildman–Crippen LogP) is -0.367. The molecule has 0 bridgehead atoms. The Morgan fingerprint density at radius 2 is 1.81 bits per heavy atom. The average molecular weight is 300 g/mol. The Hall–Kier alpha value is -1.38. The van der Waals surface area contributed by atoms with E-state index in [0.717, 1.165) is 0 Å². The Bertz CT molecular complexity index is 413. The summed E-state index contributed by atoms with van der Waals surface area (Å²) in [5.74, 6) is -0.957. The number of ether oxygens (including phenoxy) is 2. The van der Waals surface area contributed by atoms with Crippen molar-refractivity contribution in [2.24, 2.45) is 10.5 Å². The van der Waals surface area contributed by atoms with E-state index >= 15 is 0 Å². The van der Waals surface area contributed by atoms with Gasteiger partial charge in [-0.05, 0) is 5.53 Å². The second-order valence-electron chi connectivity index (χ2n) is 5.57. The van der Waals surface area contributed by atoms with E-state index in [0.29, 0.717) is 25.9 Å². The molecule has 2 fully saturated rings. The molecule has 1 spiro atoms. The number of azide groups is 1. The van der Waals surface area contributed by atoms with Crippen molar-refractivity contribution in [2.45, 2.75) is 18.6 Å². The average Bonchev–Trinajstić information content (AvgIpc) is 2.55. The molecule has 0 unspecified atom stereocenters. The fourth-order valence-electron chi connectivity index (χ4n) is 2.46. The first-order valence-corrected chi connectivity index (χ1v) is 6.87. The minimum atomic E-state index is -0.750. The Balaban J connectivity index is 1.87. The summed E-state index contributed by atoms with van der Waals surface area (Å²) in [5.41, 5.74) is 7.46. The standard InChI is InChI=1S/C12H20N4O5/c13-15-14-5-10(19)16-3-1-12(2-4-16)20-8-11(6-17,7-18)9-21-12/h17-18H,1-9H2. The van der Waals surface area contributed by atoms with Crippen LogP contribution in [-0.4, -0.2) is 72.9 Å². The number of aliphatic hydroxyl groups is 2. The number of hydrogen-bond donors (Lipinski definition) is 2. The van der Waals surface area contributed by atoms with Crippen molar-refractivity contribution in [1.82, 2.24) is 4.90 Å². The number of carbonyl (C=O) groups excluding carboxylic acids is 1. The maximum Gasteiger partial charge on any atom is 0.228 e. The lowest BCUT2D eigenvalue weighted by Gasteiger charge is -2.48. The van der Waals surface area contributed by atoms with E-state index in [1.54, 1.807) is 4.90 Å². The van der Waals surface area contributed by atoms with Gasteiger partial charge in [0.15, 0.2) is 5.79 Å². The Labute approximate surface area is 122 Å². The summed E-state index contributed by atoms with van der Waals surface area (Å²) in [6.07, 6.45) is 1.03. The summed E-state index contributed by atoms with van der Waals surface area (Å²) in [6, 6.07) is 0. The van der Waals surface area contributed by atoms with Gasteiger partial charge >= 0.3 is 0 Å². The van der Waals surface area contributed by atoms with Gasteiger partial charge in [0.05, 0.1) is 31.8 Å². The van der Waals surface area contributed by atoms with Crippen LogP contribution < -0.4 is 0 Å². The van der Waals surface area contributed by atoms with Crippen molar-refractivity contribution < 1.29 is 24.5 Å². The molecule has 2 rings (SSSR count). The zero-order chi connectivity index (χ0) is 15.3. The van der Waals surface area contributed by atoms with Gasteiger partial charge in [0, 0.05) is 30.8 Å². The van der Waals surface area contributed by atoms with Crippen LogP contribution in [0.15, 0.2) is 5.11 Å². The third-order valence-electron chi connectivity index (χ3n) is 4.10. The highest BCUT2D eigenvalue weighted by Crippen LogP contribution is 2.36. The van der Waals surface area contributed by atoms with Gasteiger partial charge in [-0.15, -0.1) is 0 Å². The summed E-state index contributed by atoms with van der Waals surface area (Å²) in [5, 5.41) is 21.9. The molecule has 0 aromatic heterocycles. The largest absolute Gasteiger partial charge is 0.396 e. The molecule has 9 nitrogen and oxygen atoms in total. The first kappa shape index (κ1) is 16.0. The molecule has 2 aliphatic heterocycles. The summed E-state index contributed by atoms with van der Waals surface area (Å²) in [7, 11) is 0. The molecule has 0 aromatic rings. The van der Waals surface area contributed by atoms with Crippen LogP contribution >= 0.6 is 0 Å². The minimum Gasteiger partial charge on any atom is -0.396 e. The minimum absolute atomic E-state index is 0.177. The van der Waals surface area contributed by atoms with Gasteiger partial charge in [0.2, 0.25) is 5.91 Å². The molecule has 2 saturated heterocycles. The van der Waals surface area contributed by atoms with Crippen LogP contribution in [-0.2, 0) is 14.3 Å². The zero-order valence-electron chi connectivity index (χ0n) is 11.8. The first-order chi connectivity index (χ1) is 10.1. The van der Waals surface area contributed by atoms with Gasteiger partial charge in [0.25, 0.3) is 0 Å². The fraction of sp³-hybridized carbons (Fsp3) is 0.917. The van der Waals surface area contributed by atoms with Gasteiger partial charge in [0.1, 0.15) is 6.54 Å². The van der Waals surface area contributed by atoms with Gasteiger partial charge in [-0.2, -0.15) is 0 Å². The molecule has 2 heterocycles. The van der Waals surface area contributed by atoms with Crippen LogP contribution in [0.3, 0.4) is 0 Å². The molecular formula is C12H20N4O5. The first-order valence-electron chi connectivity index (χ1n) is 6.87. The monoisotopic (exact) mass is 300 g/mol. The summed E-state index contributed by atoms with van der Waals surface area (Å²) < 4.78 is 11.5. The molecule has 0 aliphatic carbocycles. The molecule has 0 atom stereocenters. The van der Waals surface area contributed by atoms with E-state index in [-0.39, 0.29) is 38.9 Å². The number of amides is 1. The molecule has 2 aliphatic rings. The third-order valence-corrected chi connectivity index (χ3v) is 4.10. The summed E-state index contributed by atoms with van der Waals surface area (Å²) in [4.78, 5) is 15.9. The smallest absolute Gasteiger partial charge is 0.228 e. The van der Waals surface area contributed by atoms with E-state index in [2.05, 4.69) is 10.0 Å². The normalized spacial score (nSPS) is 23.6. The molecule has 0 radical (unpaired) electrons. The number of likely N-dealkylation sites (tertiary alicyclic amines) is 1. The lowest BCUT2D eigenvalue weighted by molar-refractivity contribution is -0.324. The third kappa shape index (κ3) is 3.45. The quantitative estimate of drug-likeness (QED) is 0.416. The Morgan fingerprint density at radius 1 is 1.24 bits per heavy atom. The summed E-state index contributed by atoms with van der Waals surface area (Å²) in [6.45, 7) is 0.811.